The summed E-state index contributed by atoms with van der Waals surface area (Å²) in [5, 5.41) is 23.0. The van der Waals surface area contributed by atoms with Gasteiger partial charge in [-0.05, 0) is 83.7 Å². The largest absolute Gasteiger partial charge is 0.378 e. The molecule has 0 aromatic carbocycles. The molecule has 0 bridgehead atoms. The van der Waals surface area contributed by atoms with Crippen molar-refractivity contribution in [3.8, 4) is 12.1 Å². The molecular weight excluding hydrogens is 386 g/mol. The lowest BCUT2D eigenvalue weighted by Gasteiger charge is -2.36. The molecule has 0 spiro atoms. The maximum atomic E-state index is 10.0. The van der Waals surface area contributed by atoms with Crippen molar-refractivity contribution in [2.24, 2.45) is 11.8 Å². The monoisotopic (exact) mass is 429 g/mol. The Morgan fingerprint density at radius 3 is 2.45 bits per heavy atom. The highest BCUT2D eigenvalue weighted by Crippen LogP contribution is 2.34. The molecule has 3 aliphatic rings. The van der Waals surface area contributed by atoms with Gasteiger partial charge in [0.05, 0.1) is 24.3 Å². The van der Waals surface area contributed by atoms with E-state index in [0.717, 1.165) is 71.2 Å². The van der Waals surface area contributed by atoms with Crippen LogP contribution in [0.3, 0.4) is 0 Å². The van der Waals surface area contributed by atoms with Crippen LogP contribution < -0.4 is 5.32 Å². The Labute approximate surface area is 189 Å². The Bertz CT molecular complexity index is 641. The van der Waals surface area contributed by atoms with Crippen molar-refractivity contribution in [3.63, 3.8) is 0 Å². The molecule has 1 N–H and O–H groups in total. The van der Waals surface area contributed by atoms with Crippen molar-refractivity contribution < 1.29 is 4.74 Å². The van der Waals surface area contributed by atoms with E-state index in [1.54, 1.807) is 0 Å². The third-order valence-corrected chi connectivity index (χ3v) is 7.81. The number of nitrogens with one attached hydrogen (secondary N) is 1. The van der Waals surface area contributed by atoms with Gasteiger partial charge < -0.3 is 10.1 Å². The lowest BCUT2D eigenvalue weighted by Crippen LogP contribution is -2.44. The van der Waals surface area contributed by atoms with Crippen LogP contribution in [0, 0.1) is 34.5 Å². The molecule has 174 valence electrons. The Kier molecular flexibility index (Phi) is 9.17. The summed E-state index contributed by atoms with van der Waals surface area (Å²) in [6.07, 6.45) is 7.81. The van der Waals surface area contributed by atoms with Crippen LogP contribution in [-0.4, -0.2) is 72.4 Å². The second kappa shape index (κ2) is 11.6. The second-order valence-corrected chi connectivity index (χ2v) is 10.5. The molecule has 3 heterocycles. The van der Waals surface area contributed by atoms with Gasteiger partial charge in [0.2, 0.25) is 0 Å². The molecule has 6 nitrogen and oxygen atoms in total. The van der Waals surface area contributed by atoms with Crippen LogP contribution in [-0.2, 0) is 4.74 Å². The summed E-state index contributed by atoms with van der Waals surface area (Å²) in [6.45, 7) is 12.9. The molecule has 3 fully saturated rings. The number of rotatable bonds is 9. The van der Waals surface area contributed by atoms with E-state index in [4.69, 9.17) is 4.74 Å². The van der Waals surface area contributed by atoms with Crippen LogP contribution in [0.25, 0.3) is 0 Å². The standard InChI is InChI=1S/C25H43N5O/c1-18(2)28-17-21-8-11-31-24(14-21)13-20(4)30-10-7-22(25(30)16-27)12-19(3)29-9-5-6-23(29)15-26/h18-25,28H,5-14,17H2,1-4H3/t19?,20?,21?,22?,23-,24?,25-/m1/s1. The third kappa shape index (κ3) is 6.42. The maximum absolute atomic E-state index is 10.0. The van der Waals surface area contributed by atoms with Crippen molar-refractivity contribution in [2.45, 2.75) is 109 Å². The molecule has 0 amide bonds. The van der Waals surface area contributed by atoms with Crippen LogP contribution >= 0.6 is 0 Å². The summed E-state index contributed by atoms with van der Waals surface area (Å²) in [4.78, 5) is 4.80. The molecule has 0 aliphatic carbocycles. The second-order valence-electron chi connectivity index (χ2n) is 10.5. The molecule has 0 aromatic heterocycles. The minimum Gasteiger partial charge on any atom is -0.378 e. The highest BCUT2D eigenvalue weighted by atomic mass is 16.5. The van der Waals surface area contributed by atoms with E-state index in [2.05, 4.69) is 54.9 Å². The molecular formula is C25H43N5O. The molecule has 6 heteroatoms. The number of likely N-dealkylation sites (tertiary alicyclic amines) is 2. The van der Waals surface area contributed by atoms with Gasteiger partial charge in [-0.1, -0.05) is 13.8 Å². The van der Waals surface area contributed by atoms with Crippen LogP contribution in [0.4, 0.5) is 0 Å². The van der Waals surface area contributed by atoms with Gasteiger partial charge in [0.15, 0.2) is 0 Å². The van der Waals surface area contributed by atoms with Gasteiger partial charge in [-0.25, -0.2) is 0 Å². The van der Waals surface area contributed by atoms with E-state index < -0.39 is 0 Å². The Morgan fingerprint density at radius 1 is 0.968 bits per heavy atom. The zero-order valence-corrected chi connectivity index (χ0v) is 20.1. The summed E-state index contributed by atoms with van der Waals surface area (Å²) in [5.74, 6) is 1.10. The number of hydrogen-bond acceptors (Lipinski definition) is 6. The fourth-order valence-electron chi connectivity index (χ4n) is 6.06. The molecule has 7 atom stereocenters. The maximum Gasteiger partial charge on any atom is 0.101 e. The summed E-state index contributed by atoms with van der Waals surface area (Å²) in [7, 11) is 0. The average molecular weight is 430 g/mol. The van der Waals surface area contributed by atoms with Gasteiger partial charge in [0.25, 0.3) is 0 Å². The van der Waals surface area contributed by atoms with Crippen LogP contribution in [0.1, 0.15) is 72.6 Å². The van der Waals surface area contributed by atoms with Gasteiger partial charge in [-0.15, -0.1) is 0 Å². The van der Waals surface area contributed by atoms with Crippen molar-refractivity contribution >= 4 is 0 Å². The van der Waals surface area contributed by atoms with E-state index in [9.17, 15) is 10.5 Å². The summed E-state index contributed by atoms with van der Waals surface area (Å²) >= 11 is 0. The molecule has 0 radical (unpaired) electrons. The van der Waals surface area contributed by atoms with Gasteiger partial charge in [-0.2, -0.15) is 10.5 Å². The smallest absolute Gasteiger partial charge is 0.101 e. The van der Waals surface area contributed by atoms with Gasteiger partial charge >= 0.3 is 0 Å². The predicted octanol–water partition coefficient (Wildman–Crippen LogP) is 3.54. The fourth-order valence-corrected chi connectivity index (χ4v) is 6.06. The first-order chi connectivity index (χ1) is 14.9. The Morgan fingerprint density at radius 2 is 1.74 bits per heavy atom. The summed E-state index contributed by atoms with van der Waals surface area (Å²) < 4.78 is 6.12. The zero-order valence-electron chi connectivity index (χ0n) is 20.1. The van der Waals surface area contributed by atoms with Gasteiger partial charge in [0, 0.05) is 31.3 Å². The molecule has 31 heavy (non-hydrogen) atoms. The number of nitriles is 2. The lowest BCUT2D eigenvalue weighted by molar-refractivity contribution is -0.0263. The number of hydrogen-bond donors (Lipinski definition) is 1. The first-order valence-corrected chi connectivity index (χ1v) is 12.6. The highest BCUT2D eigenvalue weighted by Gasteiger charge is 2.40. The Balaban J connectivity index is 1.51. The zero-order chi connectivity index (χ0) is 22.4. The fraction of sp³-hybridized carbons (Fsp3) is 0.920. The molecule has 0 saturated carbocycles. The topological polar surface area (TPSA) is 75.3 Å². The molecule has 3 saturated heterocycles. The SMILES string of the molecule is CC(C)NCC1CCOC(CC(C)N2CCC(CC(C)N3CCC[C@@H]3C#N)[C@H]2C#N)C1. The van der Waals surface area contributed by atoms with Crippen LogP contribution in [0.2, 0.25) is 0 Å². The first-order valence-electron chi connectivity index (χ1n) is 12.6. The van der Waals surface area contributed by atoms with Gasteiger partial charge in [0.1, 0.15) is 6.04 Å². The quantitative estimate of drug-likeness (QED) is 0.604. The van der Waals surface area contributed by atoms with Crippen molar-refractivity contribution in [2.75, 3.05) is 26.2 Å². The van der Waals surface area contributed by atoms with E-state index >= 15 is 0 Å². The molecule has 0 aromatic rings. The normalized spacial score (nSPS) is 34.5. The summed E-state index contributed by atoms with van der Waals surface area (Å²) in [5.41, 5.74) is 0. The minimum atomic E-state index is -0.0115. The Hall–Kier alpha value is -1.18. The van der Waals surface area contributed by atoms with Crippen molar-refractivity contribution in [1.29, 1.82) is 10.5 Å². The summed E-state index contributed by atoms with van der Waals surface area (Å²) in [6, 6.07) is 6.43. The number of nitrogens with zero attached hydrogens (tertiary/aromatic N) is 4. The lowest BCUT2D eigenvalue weighted by atomic mass is 9.91. The average Bonchev–Trinajstić information content (AvgIpc) is 3.39. The van der Waals surface area contributed by atoms with E-state index in [1.165, 1.54) is 0 Å². The van der Waals surface area contributed by atoms with E-state index in [-0.39, 0.29) is 12.1 Å². The molecule has 3 aliphatic heterocycles. The third-order valence-electron chi connectivity index (χ3n) is 7.81. The van der Waals surface area contributed by atoms with Crippen molar-refractivity contribution in [1.82, 2.24) is 15.1 Å². The highest BCUT2D eigenvalue weighted by molar-refractivity contribution is 5.05. The molecule has 3 rings (SSSR count). The van der Waals surface area contributed by atoms with E-state index in [0.29, 0.717) is 36.1 Å². The van der Waals surface area contributed by atoms with E-state index in [1.807, 2.05) is 0 Å². The predicted molar refractivity (Wildman–Crippen MR) is 123 cm³/mol. The van der Waals surface area contributed by atoms with Crippen LogP contribution in [0.15, 0.2) is 0 Å². The van der Waals surface area contributed by atoms with Gasteiger partial charge in [-0.3, -0.25) is 9.80 Å². The number of ether oxygens (including phenoxy) is 1. The van der Waals surface area contributed by atoms with Crippen LogP contribution in [0.5, 0.6) is 0 Å². The van der Waals surface area contributed by atoms with Crippen molar-refractivity contribution in [3.05, 3.63) is 0 Å². The minimum absolute atomic E-state index is 0.0115. The first kappa shape index (κ1) is 24.5. The molecule has 5 unspecified atom stereocenters.